The van der Waals surface area contributed by atoms with E-state index < -0.39 is 0 Å². The van der Waals surface area contributed by atoms with Gasteiger partial charge in [-0.05, 0) is 32.0 Å². The normalized spacial score (nSPS) is 12.9. The first-order valence-electron chi connectivity index (χ1n) is 7.43. The highest BCUT2D eigenvalue weighted by atomic mass is 15.3. The highest BCUT2D eigenvalue weighted by molar-refractivity contribution is 5.75. The Labute approximate surface area is 124 Å². The summed E-state index contributed by atoms with van der Waals surface area (Å²) in [7, 11) is 0. The van der Waals surface area contributed by atoms with Crippen molar-refractivity contribution in [2.24, 2.45) is 0 Å². The van der Waals surface area contributed by atoms with Gasteiger partial charge in [-0.3, -0.25) is 4.68 Å². The first-order valence-corrected chi connectivity index (χ1v) is 7.43. The van der Waals surface area contributed by atoms with Crippen molar-refractivity contribution in [1.29, 1.82) is 0 Å². The average molecular weight is 283 g/mol. The Morgan fingerprint density at radius 3 is 2.86 bits per heavy atom. The molecule has 2 aromatic heterocycles. The third kappa shape index (κ3) is 2.97. The largest absolute Gasteiger partial charge is 0.327 e. The van der Waals surface area contributed by atoms with Crippen LogP contribution < -0.4 is 5.32 Å². The summed E-state index contributed by atoms with van der Waals surface area (Å²) in [5, 5.41) is 7.76. The van der Waals surface area contributed by atoms with Gasteiger partial charge in [0.05, 0.1) is 24.1 Å². The Bertz CT molecular complexity index is 699. The van der Waals surface area contributed by atoms with E-state index in [9.17, 15) is 0 Å². The predicted octanol–water partition coefficient (Wildman–Crippen LogP) is 2.43. The van der Waals surface area contributed by atoms with E-state index in [-0.39, 0.29) is 0 Å². The molecule has 0 spiro atoms. The lowest BCUT2D eigenvalue weighted by Gasteiger charge is -2.14. The van der Waals surface area contributed by atoms with Crippen LogP contribution in [0.15, 0.2) is 42.7 Å². The van der Waals surface area contributed by atoms with Crippen LogP contribution in [0, 0.1) is 0 Å². The second-order valence-corrected chi connectivity index (χ2v) is 5.27. The van der Waals surface area contributed by atoms with Crippen LogP contribution in [-0.4, -0.2) is 25.4 Å². The molecule has 5 nitrogen and oxygen atoms in total. The molecule has 0 bridgehead atoms. The topological polar surface area (TPSA) is 47.7 Å². The summed E-state index contributed by atoms with van der Waals surface area (Å²) in [6.45, 7) is 6.89. The van der Waals surface area contributed by atoms with Crippen molar-refractivity contribution in [3.63, 3.8) is 0 Å². The lowest BCUT2D eigenvalue weighted by Crippen LogP contribution is -2.31. The van der Waals surface area contributed by atoms with Crippen molar-refractivity contribution in [2.45, 2.75) is 39.5 Å². The number of hydrogen-bond acceptors (Lipinski definition) is 3. The minimum Gasteiger partial charge on any atom is -0.327 e. The monoisotopic (exact) mass is 283 g/mol. The number of fused-ring (bicyclic) bond motifs is 1. The van der Waals surface area contributed by atoms with Crippen LogP contribution in [0.25, 0.3) is 11.0 Å². The molecule has 0 amide bonds. The van der Waals surface area contributed by atoms with Crippen molar-refractivity contribution in [3.05, 3.63) is 48.5 Å². The number of para-hydroxylation sites is 2. The summed E-state index contributed by atoms with van der Waals surface area (Å²) in [4.78, 5) is 4.73. The maximum atomic E-state index is 4.73. The van der Waals surface area contributed by atoms with Gasteiger partial charge >= 0.3 is 0 Å². The van der Waals surface area contributed by atoms with Gasteiger partial charge in [0, 0.05) is 25.0 Å². The van der Waals surface area contributed by atoms with Crippen molar-refractivity contribution in [3.8, 4) is 0 Å². The maximum Gasteiger partial charge on any atom is 0.123 e. The van der Waals surface area contributed by atoms with Crippen LogP contribution in [-0.2, 0) is 19.6 Å². The molecule has 0 aliphatic rings. The Morgan fingerprint density at radius 2 is 2.10 bits per heavy atom. The Balaban J connectivity index is 1.70. The minimum atomic E-state index is 0.343. The molecular weight excluding hydrogens is 262 g/mol. The molecule has 0 fully saturated rings. The van der Waals surface area contributed by atoms with Crippen LogP contribution in [0.1, 0.15) is 19.7 Å². The fourth-order valence-electron chi connectivity index (χ4n) is 2.63. The highest BCUT2D eigenvalue weighted by Gasteiger charge is 2.10. The van der Waals surface area contributed by atoms with Crippen molar-refractivity contribution in [1.82, 2.24) is 24.6 Å². The van der Waals surface area contributed by atoms with E-state index in [4.69, 9.17) is 4.98 Å². The second-order valence-electron chi connectivity index (χ2n) is 5.27. The van der Waals surface area contributed by atoms with Crippen LogP contribution in [0.2, 0.25) is 0 Å². The molecule has 0 saturated heterocycles. The van der Waals surface area contributed by atoms with Gasteiger partial charge in [0.15, 0.2) is 0 Å². The molecule has 110 valence electrons. The molecule has 0 aliphatic heterocycles. The molecule has 1 aromatic carbocycles. The molecule has 3 rings (SSSR count). The lowest BCUT2D eigenvalue weighted by atomic mass is 10.3. The van der Waals surface area contributed by atoms with Crippen LogP contribution >= 0.6 is 0 Å². The molecule has 0 aliphatic carbocycles. The van der Waals surface area contributed by atoms with E-state index in [0.29, 0.717) is 6.04 Å². The molecule has 0 saturated carbocycles. The molecule has 1 N–H and O–H groups in total. The van der Waals surface area contributed by atoms with Gasteiger partial charge in [0.1, 0.15) is 5.82 Å². The van der Waals surface area contributed by atoms with E-state index in [1.54, 1.807) is 0 Å². The smallest absolute Gasteiger partial charge is 0.123 e. The first kappa shape index (κ1) is 13.8. The molecule has 0 radical (unpaired) electrons. The molecular formula is C16H21N5. The molecule has 21 heavy (non-hydrogen) atoms. The Hall–Kier alpha value is -2.14. The SMILES string of the molecule is CCn1c(CN[C@@H](C)Cn2cccn2)nc2ccccc21. The summed E-state index contributed by atoms with van der Waals surface area (Å²) in [5.41, 5.74) is 2.27. The number of nitrogens with zero attached hydrogens (tertiary/aromatic N) is 4. The van der Waals surface area contributed by atoms with Crippen LogP contribution in [0.3, 0.4) is 0 Å². The summed E-state index contributed by atoms with van der Waals surface area (Å²) >= 11 is 0. The molecule has 2 heterocycles. The summed E-state index contributed by atoms with van der Waals surface area (Å²) in [6, 6.07) is 10.6. The molecule has 3 aromatic rings. The van der Waals surface area contributed by atoms with Gasteiger partial charge in [-0.2, -0.15) is 5.10 Å². The summed E-state index contributed by atoms with van der Waals surface area (Å²) in [6.07, 6.45) is 3.79. The zero-order valence-corrected chi connectivity index (χ0v) is 12.5. The second kappa shape index (κ2) is 6.10. The third-order valence-electron chi connectivity index (χ3n) is 3.68. The van der Waals surface area contributed by atoms with Gasteiger partial charge in [0.25, 0.3) is 0 Å². The zero-order valence-electron chi connectivity index (χ0n) is 12.5. The third-order valence-corrected chi connectivity index (χ3v) is 3.68. The number of aromatic nitrogens is 4. The highest BCUT2D eigenvalue weighted by Crippen LogP contribution is 2.15. The summed E-state index contributed by atoms with van der Waals surface area (Å²) < 4.78 is 4.21. The van der Waals surface area contributed by atoms with E-state index in [0.717, 1.165) is 31.0 Å². The fraction of sp³-hybridized carbons (Fsp3) is 0.375. The summed E-state index contributed by atoms with van der Waals surface area (Å²) in [5.74, 6) is 1.09. The fourth-order valence-corrected chi connectivity index (χ4v) is 2.63. The van der Waals surface area contributed by atoms with Crippen molar-refractivity contribution in [2.75, 3.05) is 0 Å². The van der Waals surface area contributed by atoms with Gasteiger partial charge in [-0.25, -0.2) is 4.98 Å². The quantitative estimate of drug-likeness (QED) is 0.756. The maximum absolute atomic E-state index is 4.73. The van der Waals surface area contributed by atoms with E-state index in [1.165, 1.54) is 5.52 Å². The average Bonchev–Trinajstić information content (AvgIpc) is 3.11. The number of benzene rings is 1. The van der Waals surface area contributed by atoms with E-state index in [1.807, 2.05) is 29.2 Å². The lowest BCUT2D eigenvalue weighted by molar-refractivity contribution is 0.441. The Kier molecular flexibility index (Phi) is 4.01. The number of nitrogens with one attached hydrogen (secondary N) is 1. The predicted molar refractivity (Wildman–Crippen MR) is 83.9 cm³/mol. The minimum absolute atomic E-state index is 0.343. The van der Waals surface area contributed by atoms with Gasteiger partial charge in [-0.1, -0.05) is 12.1 Å². The zero-order chi connectivity index (χ0) is 14.7. The van der Waals surface area contributed by atoms with Crippen LogP contribution in [0.4, 0.5) is 0 Å². The number of imidazole rings is 1. The molecule has 5 heteroatoms. The standard InChI is InChI=1S/C16H21N5/c1-3-21-15-8-5-4-7-14(15)19-16(21)11-17-13(2)12-20-10-6-9-18-20/h4-10,13,17H,3,11-12H2,1-2H3/t13-/m0/s1. The van der Waals surface area contributed by atoms with E-state index in [2.05, 4.69) is 47.0 Å². The number of aryl methyl sites for hydroxylation is 1. The van der Waals surface area contributed by atoms with Gasteiger partial charge < -0.3 is 9.88 Å². The van der Waals surface area contributed by atoms with Gasteiger partial charge in [-0.15, -0.1) is 0 Å². The van der Waals surface area contributed by atoms with Crippen molar-refractivity contribution < 1.29 is 0 Å². The number of hydrogen-bond donors (Lipinski definition) is 1. The van der Waals surface area contributed by atoms with E-state index >= 15 is 0 Å². The van der Waals surface area contributed by atoms with Crippen molar-refractivity contribution >= 4 is 11.0 Å². The first-order chi connectivity index (χ1) is 10.3. The molecule has 1 atom stereocenters. The molecule has 0 unspecified atom stereocenters. The Morgan fingerprint density at radius 1 is 1.24 bits per heavy atom. The number of rotatable bonds is 6. The van der Waals surface area contributed by atoms with Crippen LogP contribution in [0.5, 0.6) is 0 Å². The van der Waals surface area contributed by atoms with Gasteiger partial charge in [0.2, 0.25) is 0 Å².